The molecule has 2 atom stereocenters. The third-order valence-electron chi connectivity index (χ3n) is 3.23. The third-order valence-corrected chi connectivity index (χ3v) is 3.23. The Morgan fingerprint density at radius 2 is 2.25 bits per heavy atom. The van der Waals surface area contributed by atoms with E-state index in [0.717, 1.165) is 0 Å². The Hall–Kier alpha value is -1.13. The van der Waals surface area contributed by atoms with Gasteiger partial charge in [0.15, 0.2) is 0 Å². The Morgan fingerprint density at radius 1 is 1.58 bits per heavy atom. The van der Waals surface area contributed by atoms with E-state index in [0.29, 0.717) is 13.0 Å². The molecule has 1 heterocycles. The first kappa shape index (κ1) is 7.52. The van der Waals surface area contributed by atoms with Crippen molar-refractivity contribution in [2.75, 3.05) is 13.1 Å². The average molecular weight is 170 g/mol. The average Bonchev–Trinajstić information content (AvgIpc) is 2.47. The molecular weight excluding hydrogens is 160 g/mol. The van der Waals surface area contributed by atoms with Crippen molar-refractivity contribution in [1.29, 1.82) is 0 Å². The van der Waals surface area contributed by atoms with Gasteiger partial charge in [0.1, 0.15) is 0 Å². The van der Waals surface area contributed by atoms with Gasteiger partial charge in [-0.1, -0.05) is 6.92 Å². The van der Waals surface area contributed by atoms with E-state index in [1.165, 1.54) is 5.01 Å². The summed E-state index contributed by atoms with van der Waals surface area (Å²) < 4.78 is 0. The highest BCUT2D eigenvalue weighted by Gasteiger charge is 2.74. The molecule has 2 aliphatic rings. The van der Waals surface area contributed by atoms with Gasteiger partial charge in [-0.25, -0.2) is 0 Å². The molecule has 1 aliphatic heterocycles. The lowest BCUT2D eigenvalue weighted by Crippen LogP contribution is -2.24. The summed E-state index contributed by atoms with van der Waals surface area (Å²) in [5, 5.41) is 13.0. The molecule has 2 fully saturated rings. The number of hydrogen-bond acceptors (Lipinski definition) is 3. The molecule has 0 bridgehead atoms. The smallest absolute Gasteiger partial charge is 0.312 e. The third kappa shape index (κ3) is 0.616. The highest BCUT2D eigenvalue weighted by Crippen LogP contribution is 2.68. The molecule has 0 aromatic rings. The number of nitrogens with zero attached hydrogens (tertiary/aromatic N) is 2. The van der Waals surface area contributed by atoms with Gasteiger partial charge in [-0.15, -0.1) is 4.91 Å². The molecule has 0 spiro atoms. The van der Waals surface area contributed by atoms with Gasteiger partial charge in [-0.3, -0.25) is 9.80 Å². The van der Waals surface area contributed by atoms with E-state index < -0.39 is 11.4 Å². The fraction of sp³-hybridized carbons (Fsp3) is 0.857. The molecule has 0 radical (unpaired) electrons. The van der Waals surface area contributed by atoms with E-state index in [9.17, 15) is 9.70 Å². The first-order valence-electron chi connectivity index (χ1n) is 3.86. The second-order valence-electron chi connectivity index (χ2n) is 4.03. The first-order valence-corrected chi connectivity index (χ1v) is 3.86. The number of nitroso groups, excluding NO2 is 1. The Bertz CT molecular complexity index is 267. The number of hydrogen-bond donors (Lipinski definition) is 1. The van der Waals surface area contributed by atoms with Gasteiger partial charge in [-0.05, 0) is 6.42 Å². The molecule has 12 heavy (non-hydrogen) atoms. The Balaban J connectivity index is 2.23. The molecule has 2 rings (SSSR count). The number of fused-ring (bicyclic) bond motifs is 1. The largest absolute Gasteiger partial charge is 0.481 e. The molecule has 2 unspecified atom stereocenters. The summed E-state index contributed by atoms with van der Waals surface area (Å²) >= 11 is 0. The molecule has 5 nitrogen and oxygen atoms in total. The van der Waals surface area contributed by atoms with Crippen molar-refractivity contribution in [1.82, 2.24) is 5.01 Å². The maximum atomic E-state index is 10.9. The molecule has 5 heteroatoms. The number of rotatable bonds is 2. The van der Waals surface area contributed by atoms with Crippen LogP contribution in [0.15, 0.2) is 5.29 Å². The normalized spacial score (nSPS) is 43.9. The molecule has 0 amide bonds. The minimum absolute atomic E-state index is 0.216. The standard InChI is InChI=1S/C7H10N2O3/c1-6-2-7(6,5(10)11)4-9(3-6)8-12/h2-4H2,1H3,(H,10,11). The molecule has 1 saturated heterocycles. The highest BCUT2D eigenvalue weighted by molar-refractivity contribution is 5.81. The fourth-order valence-corrected chi connectivity index (χ4v) is 2.31. The minimum atomic E-state index is -0.795. The second-order valence-corrected chi connectivity index (χ2v) is 4.03. The minimum Gasteiger partial charge on any atom is -0.481 e. The van der Waals surface area contributed by atoms with E-state index >= 15 is 0 Å². The predicted octanol–water partition coefficient (Wildman–Crippen LogP) is 0.464. The Morgan fingerprint density at radius 3 is 2.58 bits per heavy atom. The van der Waals surface area contributed by atoms with Gasteiger partial charge < -0.3 is 5.11 Å². The maximum Gasteiger partial charge on any atom is 0.312 e. The number of carboxylic acid groups (broad SMARTS) is 1. The monoisotopic (exact) mass is 170 g/mol. The summed E-state index contributed by atoms with van der Waals surface area (Å²) in [6.07, 6.45) is 0.682. The van der Waals surface area contributed by atoms with Crippen LogP contribution in [0.2, 0.25) is 0 Å². The van der Waals surface area contributed by atoms with E-state index in [-0.39, 0.29) is 12.0 Å². The van der Waals surface area contributed by atoms with Crippen LogP contribution in [0.5, 0.6) is 0 Å². The van der Waals surface area contributed by atoms with Crippen LogP contribution in [0.1, 0.15) is 13.3 Å². The Labute approximate surface area is 69.3 Å². The predicted molar refractivity (Wildman–Crippen MR) is 40.2 cm³/mol. The zero-order valence-electron chi connectivity index (χ0n) is 6.78. The van der Waals surface area contributed by atoms with Gasteiger partial charge in [0.2, 0.25) is 0 Å². The lowest BCUT2D eigenvalue weighted by atomic mass is 9.99. The number of carbonyl (C=O) groups is 1. The molecule has 66 valence electrons. The van der Waals surface area contributed by atoms with Crippen molar-refractivity contribution < 1.29 is 9.90 Å². The van der Waals surface area contributed by atoms with Crippen LogP contribution < -0.4 is 0 Å². The van der Waals surface area contributed by atoms with Crippen molar-refractivity contribution in [2.24, 2.45) is 16.1 Å². The van der Waals surface area contributed by atoms with Gasteiger partial charge in [0.25, 0.3) is 0 Å². The molecule has 1 N–H and O–H groups in total. The molecule has 1 saturated carbocycles. The van der Waals surface area contributed by atoms with Crippen LogP contribution in [-0.4, -0.2) is 29.2 Å². The highest BCUT2D eigenvalue weighted by atomic mass is 16.4. The van der Waals surface area contributed by atoms with Crippen molar-refractivity contribution in [3.05, 3.63) is 4.91 Å². The van der Waals surface area contributed by atoms with Crippen LogP contribution >= 0.6 is 0 Å². The lowest BCUT2D eigenvalue weighted by molar-refractivity contribution is -0.144. The van der Waals surface area contributed by atoms with E-state index in [4.69, 9.17) is 5.11 Å². The van der Waals surface area contributed by atoms with E-state index in [1.807, 2.05) is 6.92 Å². The summed E-state index contributed by atoms with van der Waals surface area (Å²) in [5.74, 6) is -0.795. The maximum absolute atomic E-state index is 10.9. The number of aliphatic carboxylic acids is 1. The molecule has 1 aliphatic carbocycles. The van der Waals surface area contributed by atoms with Crippen LogP contribution in [-0.2, 0) is 4.79 Å². The summed E-state index contributed by atoms with van der Waals surface area (Å²) in [5.41, 5.74) is -0.895. The van der Waals surface area contributed by atoms with Crippen LogP contribution in [0, 0.1) is 15.7 Å². The first-order chi connectivity index (χ1) is 5.54. The zero-order valence-corrected chi connectivity index (χ0v) is 6.78. The van der Waals surface area contributed by atoms with Gasteiger partial charge in [0, 0.05) is 12.0 Å². The summed E-state index contributed by atoms with van der Waals surface area (Å²) in [7, 11) is 0. The zero-order chi connectivity index (χ0) is 8.98. The van der Waals surface area contributed by atoms with Crippen LogP contribution in [0.25, 0.3) is 0 Å². The second kappa shape index (κ2) is 1.78. The van der Waals surface area contributed by atoms with E-state index in [1.54, 1.807) is 0 Å². The summed E-state index contributed by atoms with van der Waals surface area (Å²) in [6.45, 7) is 2.66. The fourth-order valence-electron chi connectivity index (χ4n) is 2.31. The topological polar surface area (TPSA) is 70.0 Å². The van der Waals surface area contributed by atoms with Crippen molar-refractivity contribution >= 4 is 5.97 Å². The number of carboxylic acids is 1. The Kier molecular flexibility index (Phi) is 1.12. The quantitative estimate of drug-likeness (QED) is 0.611. The SMILES string of the molecule is CC12CN(N=O)CC1(C(=O)O)C2. The molecule has 0 aromatic carbocycles. The van der Waals surface area contributed by atoms with Gasteiger partial charge in [0.05, 0.1) is 17.2 Å². The lowest BCUT2D eigenvalue weighted by Gasteiger charge is -2.10. The van der Waals surface area contributed by atoms with Crippen molar-refractivity contribution in [3.8, 4) is 0 Å². The summed E-state index contributed by atoms with van der Waals surface area (Å²) in [6, 6.07) is 0. The van der Waals surface area contributed by atoms with E-state index in [2.05, 4.69) is 5.29 Å². The summed E-state index contributed by atoms with van der Waals surface area (Å²) in [4.78, 5) is 21.0. The number of piperidine rings is 1. The molecule has 0 aromatic heterocycles. The van der Waals surface area contributed by atoms with Gasteiger partial charge in [-0.2, -0.15) is 0 Å². The van der Waals surface area contributed by atoms with Crippen molar-refractivity contribution in [2.45, 2.75) is 13.3 Å². The van der Waals surface area contributed by atoms with Crippen LogP contribution in [0.4, 0.5) is 0 Å². The molecular formula is C7H10N2O3. The van der Waals surface area contributed by atoms with Gasteiger partial charge >= 0.3 is 5.97 Å². The van der Waals surface area contributed by atoms with Crippen LogP contribution in [0.3, 0.4) is 0 Å². The van der Waals surface area contributed by atoms with Crippen molar-refractivity contribution in [3.63, 3.8) is 0 Å².